The molecule has 2 atom stereocenters. The third-order valence-electron chi connectivity index (χ3n) is 2.72. The van der Waals surface area contributed by atoms with Crippen molar-refractivity contribution in [3.05, 3.63) is 21.9 Å². The van der Waals surface area contributed by atoms with Crippen LogP contribution in [0.15, 0.2) is 12.1 Å². The van der Waals surface area contributed by atoms with Crippen molar-refractivity contribution in [3.8, 4) is 0 Å². The molecule has 90 valence electrons. The standard InChI is InChI=1S/C12H19NO2S/c1-8-5-6-11(16-8)7-13-10(3)9(2)12(14)15-4/h5-6,9-10,13H,7H2,1-4H3. The summed E-state index contributed by atoms with van der Waals surface area (Å²) in [6.07, 6.45) is 0. The van der Waals surface area contributed by atoms with E-state index in [1.54, 1.807) is 11.3 Å². The Morgan fingerprint density at radius 3 is 2.69 bits per heavy atom. The van der Waals surface area contributed by atoms with E-state index in [-0.39, 0.29) is 17.9 Å². The Labute approximate surface area is 101 Å². The first-order chi connectivity index (χ1) is 7.54. The van der Waals surface area contributed by atoms with E-state index in [1.165, 1.54) is 16.9 Å². The highest BCUT2D eigenvalue weighted by molar-refractivity contribution is 7.11. The predicted octanol–water partition coefficient (Wildman–Crippen LogP) is 2.34. The van der Waals surface area contributed by atoms with Crippen LogP contribution in [0.4, 0.5) is 0 Å². The highest BCUT2D eigenvalue weighted by Gasteiger charge is 2.20. The average molecular weight is 241 g/mol. The molecule has 3 nitrogen and oxygen atoms in total. The van der Waals surface area contributed by atoms with Crippen LogP contribution < -0.4 is 5.32 Å². The van der Waals surface area contributed by atoms with E-state index in [0.29, 0.717) is 0 Å². The van der Waals surface area contributed by atoms with Gasteiger partial charge in [0.2, 0.25) is 0 Å². The molecule has 0 spiro atoms. The van der Waals surface area contributed by atoms with Crippen molar-refractivity contribution in [2.24, 2.45) is 5.92 Å². The van der Waals surface area contributed by atoms with Gasteiger partial charge in [-0.3, -0.25) is 4.79 Å². The number of carbonyl (C=O) groups is 1. The quantitative estimate of drug-likeness (QED) is 0.804. The maximum Gasteiger partial charge on any atom is 0.309 e. The van der Waals surface area contributed by atoms with Gasteiger partial charge in [-0.15, -0.1) is 11.3 Å². The molecule has 1 aromatic rings. The molecule has 0 saturated heterocycles. The SMILES string of the molecule is COC(=O)C(C)C(C)NCc1ccc(C)s1. The highest BCUT2D eigenvalue weighted by atomic mass is 32.1. The summed E-state index contributed by atoms with van der Waals surface area (Å²) in [5.74, 6) is -0.284. The molecule has 1 heterocycles. The van der Waals surface area contributed by atoms with Gasteiger partial charge >= 0.3 is 5.97 Å². The number of methoxy groups -OCH3 is 1. The third kappa shape index (κ3) is 3.61. The summed E-state index contributed by atoms with van der Waals surface area (Å²) < 4.78 is 4.71. The number of nitrogens with one attached hydrogen (secondary N) is 1. The fraction of sp³-hybridized carbons (Fsp3) is 0.583. The first-order valence-electron chi connectivity index (χ1n) is 5.41. The number of carbonyl (C=O) groups excluding carboxylic acids is 1. The van der Waals surface area contributed by atoms with Crippen LogP contribution in [0.25, 0.3) is 0 Å². The first kappa shape index (κ1) is 13.2. The van der Waals surface area contributed by atoms with Crippen LogP contribution in [0.5, 0.6) is 0 Å². The molecule has 4 heteroatoms. The van der Waals surface area contributed by atoms with Gasteiger partial charge in [0.05, 0.1) is 13.0 Å². The average Bonchev–Trinajstić information content (AvgIpc) is 2.69. The molecule has 1 N–H and O–H groups in total. The Morgan fingerprint density at radius 1 is 1.50 bits per heavy atom. The van der Waals surface area contributed by atoms with Gasteiger partial charge in [-0.05, 0) is 26.0 Å². The predicted molar refractivity (Wildman–Crippen MR) is 66.5 cm³/mol. The fourth-order valence-electron chi connectivity index (χ4n) is 1.41. The summed E-state index contributed by atoms with van der Waals surface area (Å²) in [7, 11) is 1.42. The van der Waals surface area contributed by atoms with Crippen molar-refractivity contribution in [1.82, 2.24) is 5.32 Å². The van der Waals surface area contributed by atoms with E-state index in [1.807, 2.05) is 13.8 Å². The van der Waals surface area contributed by atoms with Crippen molar-refractivity contribution >= 4 is 17.3 Å². The Bertz CT molecular complexity index is 349. The van der Waals surface area contributed by atoms with Crippen LogP contribution >= 0.6 is 11.3 Å². The van der Waals surface area contributed by atoms with Crippen molar-refractivity contribution < 1.29 is 9.53 Å². The minimum atomic E-state index is -0.164. The lowest BCUT2D eigenvalue weighted by molar-refractivity contribution is -0.145. The molecule has 2 unspecified atom stereocenters. The summed E-state index contributed by atoms with van der Waals surface area (Å²) in [5, 5.41) is 3.34. The van der Waals surface area contributed by atoms with Crippen LogP contribution in [0.2, 0.25) is 0 Å². The summed E-state index contributed by atoms with van der Waals surface area (Å²) >= 11 is 1.78. The maximum absolute atomic E-state index is 11.3. The van der Waals surface area contributed by atoms with E-state index in [0.717, 1.165) is 6.54 Å². The minimum Gasteiger partial charge on any atom is -0.469 e. The fourth-order valence-corrected chi connectivity index (χ4v) is 2.25. The molecule has 1 aromatic heterocycles. The van der Waals surface area contributed by atoms with E-state index in [4.69, 9.17) is 4.74 Å². The molecule has 0 aliphatic carbocycles. The minimum absolute atomic E-state index is 0.119. The van der Waals surface area contributed by atoms with Crippen molar-refractivity contribution in [2.45, 2.75) is 33.4 Å². The number of thiophene rings is 1. The van der Waals surface area contributed by atoms with Crippen molar-refractivity contribution in [2.75, 3.05) is 7.11 Å². The number of rotatable bonds is 5. The van der Waals surface area contributed by atoms with Gasteiger partial charge in [-0.1, -0.05) is 6.92 Å². The zero-order valence-corrected chi connectivity index (χ0v) is 11.1. The van der Waals surface area contributed by atoms with Gasteiger partial charge in [0, 0.05) is 22.3 Å². The molecule has 0 aliphatic rings. The topological polar surface area (TPSA) is 38.3 Å². The molecule has 1 rings (SSSR count). The van der Waals surface area contributed by atoms with Gasteiger partial charge in [-0.25, -0.2) is 0 Å². The van der Waals surface area contributed by atoms with Gasteiger partial charge in [0.1, 0.15) is 0 Å². The zero-order chi connectivity index (χ0) is 12.1. The second kappa shape index (κ2) is 6.01. The molecule has 0 aliphatic heterocycles. The molecule has 0 fully saturated rings. The van der Waals surface area contributed by atoms with Crippen LogP contribution in [0.3, 0.4) is 0 Å². The lowest BCUT2D eigenvalue weighted by Crippen LogP contribution is -2.36. The van der Waals surface area contributed by atoms with E-state index < -0.39 is 0 Å². The number of hydrogen-bond acceptors (Lipinski definition) is 4. The molecule has 0 aromatic carbocycles. The molecule has 0 amide bonds. The van der Waals surface area contributed by atoms with E-state index in [9.17, 15) is 4.79 Å². The molecule has 0 bridgehead atoms. The number of esters is 1. The Balaban J connectivity index is 2.40. The highest BCUT2D eigenvalue weighted by Crippen LogP contribution is 2.15. The summed E-state index contributed by atoms with van der Waals surface area (Å²) in [6.45, 7) is 6.78. The number of hydrogen-bond donors (Lipinski definition) is 1. The Morgan fingerprint density at radius 2 is 2.19 bits per heavy atom. The second-order valence-corrected chi connectivity index (χ2v) is 5.37. The second-order valence-electron chi connectivity index (χ2n) is 3.99. The maximum atomic E-state index is 11.3. The van der Waals surface area contributed by atoms with E-state index in [2.05, 4.69) is 24.4 Å². The molecule has 0 radical (unpaired) electrons. The molecular formula is C12H19NO2S. The van der Waals surface area contributed by atoms with Crippen LogP contribution in [0.1, 0.15) is 23.6 Å². The largest absolute Gasteiger partial charge is 0.469 e. The Kier molecular flexibility index (Phi) is 4.96. The zero-order valence-electron chi connectivity index (χ0n) is 10.2. The molecule has 16 heavy (non-hydrogen) atoms. The number of aryl methyl sites for hydroxylation is 1. The lowest BCUT2D eigenvalue weighted by Gasteiger charge is -2.18. The molecule has 0 saturated carbocycles. The van der Waals surface area contributed by atoms with Crippen molar-refractivity contribution in [3.63, 3.8) is 0 Å². The van der Waals surface area contributed by atoms with E-state index >= 15 is 0 Å². The summed E-state index contributed by atoms with van der Waals surface area (Å²) in [6, 6.07) is 4.34. The molecular weight excluding hydrogens is 222 g/mol. The number of ether oxygens (including phenoxy) is 1. The van der Waals surface area contributed by atoms with Gasteiger partial charge < -0.3 is 10.1 Å². The van der Waals surface area contributed by atoms with Gasteiger partial charge in [0.25, 0.3) is 0 Å². The summed E-state index contributed by atoms with van der Waals surface area (Å²) in [4.78, 5) is 13.9. The van der Waals surface area contributed by atoms with Crippen LogP contribution in [-0.4, -0.2) is 19.1 Å². The monoisotopic (exact) mass is 241 g/mol. The van der Waals surface area contributed by atoms with Crippen LogP contribution in [-0.2, 0) is 16.1 Å². The Hall–Kier alpha value is -0.870. The van der Waals surface area contributed by atoms with Crippen molar-refractivity contribution in [1.29, 1.82) is 0 Å². The van der Waals surface area contributed by atoms with Gasteiger partial charge in [-0.2, -0.15) is 0 Å². The smallest absolute Gasteiger partial charge is 0.309 e. The van der Waals surface area contributed by atoms with Gasteiger partial charge in [0.15, 0.2) is 0 Å². The van der Waals surface area contributed by atoms with Crippen LogP contribution in [0, 0.1) is 12.8 Å². The normalized spacial score (nSPS) is 14.5. The lowest BCUT2D eigenvalue weighted by atomic mass is 10.0. The first-order valence-corrected chi connectivity index (χ1v) is 6.22. The third-order valence-corrected chi connectivity index (χ3v) is 3.72. The summed E-state index contributed by atoms with van der Waals surface area (Å²) in [5.41, 5.74) is 0.